The van der Waals surface area contributed by atoms with Crippen LogP contribution in [0.15, 0.2) is 65.7 Å². The number of sulfonamides is 1. The standard InChI is InChI=1S/C25H29N3O3S/c1-18(2)19-6-9-21(10-7-19)32(29,30)27-15-12-25(13-16-27)24-5-4-14-28(24)23-11-8-20(31-3)17-22(23)26-25/h4-11,14,17-18,26H,12-13,15-16H2,1-3H3. The van der Waals surface area contributed by atoms with Gasteiger partial charge in [-0.2, -0.15) is 4.31 Å². The highest BCUT2D eigenvalue weighted by atomic mass is 32.2. The van der Waals surface area contributed by atoms with Gasteiger partial charge >= 0.3 is 0 Å². The number of anilines is 1. The van der Waals surface area contributed by atoms with Crippen molar-refractivity contribution in [3.05, 3.63) is 72.1 Å². The molecule has 2 aromatic carbocycles. The lowest BCUT2D eigenvalue weighted by Crippen LogP contribution is -2.50. The van der Waals surface area contributed by atoms with Crippen molar-refractivity contribution in [3.63, 3.8) is 0 Å². The molecule has 0 aliphatic carbocycles. The Bertz CT molecular complexity index is 1240. The van der Waals surface area contributed by atoms with Gasteiger partial charge < -0.3 is 14.6 Å². The number of fused-ring (bicyclic) bond motifs is 4. The van der Waals surface area contributed by atoms with E-state index in [2.05, 4.69) is 48.1 Å². The summed E-state index contributed by atoms with van der Waals surface area (Å²) < 4.78 is 35.9. The maximum Gasteiger partial charge on any atom is 0.243 e. The average Bonchev–Trinajstić information content (AvgIpc) is 3.30. The summed E-state index contributed by atoms with van der Waals surface area (Å²) in [6, 6.07) is 17.5. The number of nitrogens with one attached hydrogen (secondary N) is 1. The average molecular weight is 452 g/mol. The minimum absolute atomic E-state index is 0.309. The van der Waals surface area contributed by atoms with Gasteiger partial charge in [-0.3, -0.25) is 0 Å². The molecule has 1 spiro atoms. The quantitative estimate of drug-likeness (QED) is 0.624. The van der Waals surface area contributed by atoms with E-state index >= 15 is 0 Å². The van der Waals surface area contributed by atoms with Crippen molar-refractivity contribution in [1.82, 2.24) is 8.87 Å². The number of hydrogen-bond acceptors (Lipinski definition) is 4. The van der Waals surface area contributed by atoms with E-state index in [1.54, 1.807) is 23.5 Å². The number of ether oxygens (including phenoxy) is 1. The molecule has 1 N–H and O–H groups in total. The Balaban J connectivity index is 1.41. The van der Waals surface area contributed by atoms with Crippen LogP contribution < -0.4 is 10.1 Å². The molecule has 7 heteroatoms. The monoisotopic (exact) mass is 451 g/mol. The molecule has 0 unspecified atom stereocenters. The first-order valence-electron chi connectivity index (χ1n) is 11.1. The molecule has 2 aliphatic rings. The molecule has 3 heterocycles. The van der Waals surface area contributed by atoms with Crippen molar-refractivity contribution >= 4 is 15.7 Å². The normalized spacial score (nSPS) is 17.6. The van der Waals surface area contributed by atoms with Gasteiger partial charge in [0.05, 0.1) is 28.9 Å². The smallest absolute Gasteiger partial charge is 0.243 e. The number of methoxy groups -OCH3 is 1. The predicted octanol–water partition coefficient (Wildman–Crippen LogP) is 4.71. The third kappa shape index (κ3) is 3.31. The fourth-order valence-electron chi connectivity index (χ4n) is 4.92. The molecule has 6 nitrogen and oxygen atoms in total. The van der Waals surface area contributed by atoms with E-state index in [-0.39, 0.29) is 5.54 Å². The zero-order valence-corrected chi connectivity index (χ0v) is 19.5. The molecule has 0 saturated carbocycles. The van der Waals surface area contributed by atoms with Crippen LogP contribution in [-0.2, 0) is 15.6 Å². The molecule has 3 aromatic rings. The first-order valence-corrected chi connectivity index (χ1v) is 12.5. The molecule has 32 heavy (non-hydrogen) atoms. The molecule has 1 fully saturated rings. The second-order valence-corrected chi connectivity index (χ2v) is 10.9. The summed E-state index contributed by atoms with van der Waals surface area (Å²) in [5, 5.41) is 3.74. The van der Waals surface area contributed by atoms with E-state index in [9.17, 15) is 8.42 Å². The number of aromatic nitrogens is 1. The van der Waals surface area contributed by atoms with Crippen molar-refractivity contribution in [3.8, 4) is 11.4 Å². The molecule has 0 amide bonds. The lowest BCUT2D eigenvalue weighted by molar-refractivity contribution is 0.247. The number of benzene rings is 2. The van der Waals surface area contributed by atoms with Crippen LogP contribution in [-0.4, -0.2) is 37.5 Å². The van der Waals surface area contributed by atoms with Crippen LogP contribution in [0, 0.1) is 0 Å². The Morgan fingerprint density at radius 3 is 2.41 bits per heavy atom. The maximum atomic E-state index is 13.3. The fourth-order valence-corrected chi connectivity index (χ4v) is 6.36. The van der Waals surface area contributed by atoms with Crippen LogP contribution in [0.3, 0.4) is 0 Å². The van der Waals surface area contributed by atoms with E-state index in [4.69, 9.17) is 4.74 Å². The van der Waals surface area contributed by atoms with Crippen LogP contribution in [0.4, 0.5) is 5.69 Å². The molecular weight excluding hydrogens is 422 g/mol. The highest BCUT2D eigenvalue weighted by molar-refractivity contribution is 7.89. The van der Waals surface area contributed by atoms with E-state index in [0.717, 1.165) is 22.7 Å². The summed E-state index contributed by atoms with van der Waals surface area (Å²) in [6.07, 6.45) is 3.45. The van der Waals surface area contributed by atoms with Crippen LogP contribution in [0.25, 0.3) is 5.69 Å². The summed E-state index contributed by atoms with van der Waals surface area (Å²) in [7, 11) is -1.85. The molecule has 0 bridgehead atoms. The van der Waals surface area contributed by atoms with Crippen molar-refractivity contribution in [2.45, 2.75) is 43.0 Å². The summed E-state index contributed by atoms with van der Waals surface area (Å²) >= 11 is 0. The molecule has 1 saturated heterocycles. The minimum Gasteiger partial charge on any atom is -0.497 e. The topological polar surface area (TPSA) is 63.6 Å². The van der Waals surface area contributed by atoms with E-state index in [1.807, 2.05) is 24.3 Å². The lowest BCUT2D eigenvalue weighted by Gasteiger charge is -2.46. The van der Waals surface area contributed by atoms with Crippen molar-refractivity contribution in [2.24, 2.45) is 0 Å². The SMILES string of the molecule is COc1ccc2c(c1)NC1(CCN(S(=O)(=O)c3ccc(C(C)C)cc3)CC1)c1cccn1-2. The van der Waals surface area contributed by atoms with Gasteiger partial charge in [0.15, 0.2) is 0 Å². The second-order valence-electron chi connectivity index (χ2n) is 8.98. The van der Waals surface area contributed by atoms with Crippen LogP contribution >= 0.6 is 0 Å². The van der Waals surface area contributed by atoms with E-state index in [1.165, 1.54) is 5.69 Å². The van der Waals surface area contributed by atoms with Crippen molar-refractivity contribution in [1.29, 1.82) is 0 Å². The van der Waals surface area contributed by atoms with Gasteiger partial charge in [0.25, 0.3) is 0 Å². The Hall–Kier alpha value is -2.77. The Kier molecular flexibility index (Phi) is 5.06. The number of piperidine rings is 1. The third-order valence-corrected chi connectivity index (χ3v) is 8.75. The lowest BCUT2D eigenvalue weighted by atomic mass is 9.83. The Labute approximate surface area is 189 Å². The molecule has 168 valence electrons. The highest BCUT2D eigenvalue weighted by Crippen LogP contribution is 2.45. The van der Waals surface area contributed by atoms with Crippen LogP contribution in [0.5, 0.6) is 5.75 Å². The van der Waals surface area contributed by atoms with Crippen LogP contribution in [0.1, 0.15) is 43.9 Å². The zero-order valence-electron chi connectivity index (χ0n) is 18.7. The van der Waals surface area contributed by atoms with Gasteiger partial charge in [-0.05, 0) is 60.7 Å². The van der Waals surface area contributed by atoms with E-state index < -0.39 is 10.0 Å². The first kappa shape index (κ1) is 21.1. The summed E-state index contributed by atoms with van der Waals surface area (Å²) in [4.78, 5) is 0.368. The van der Waals surface area contributed by atoms with Gasteiger partial charge in [-0.15, -0.1) is 0 Å². The maximum absolute atomic E-state index is 13.3. The van der Waals surface area contributed by atoms with Gasteiger partial charge in [0.2, 0.25) is 10.0 Å². The Morgan fingerprint density at radius 1 is 1.03 bits per heavy atom. The molecule has 5 rings (SSSR count). The third-order valence-electron chi connectivity index (χ3n) is 6.84. The van der Waals surface area contributed by atoms with Gasteiger partial charge in [0, 0.05) is 31.0 Å². The zero-order chi connectivity index (χ0) is 22.5. The minimum atomic E-state index is -3.52. The molecular formula is C25H29N3O3S. The van der Waals surface area contributed by atoms with Crippen molar-refractivity contribution < 1.29 is 13.2 Å². The number of rotatable bonds is 4. The van der Waals surface area contributed by atoms with Gasteiger partial charge in [0.1, 0.15) is 5.75 Å². The Morgan fingerprint density at radius 2 is 1.75 bits per heavy atom. The van der Waals surface area contributed by atoms with Crippen molar-refractivity contribution in [2.75, 3.05) is 25.5 Å². The van der Waals surface area contributed by atoms with Gasteiger partial charge in [-0.1, -0.05) is 26.0 Å². The molecule has 0 atom stereocenters. The van der Waals surface area contributed by atoms with Crippen LogP contribution in [0.2, 0.25) is 0 Å². The molecule has 0 radical (unpaired) electrons. The van der Waals surface area contributed by atoms with Gasteiger partial charge in [-0.25, -0.2) is 8.42 Å². The second kappa shape index (κ2) is 7.67. The number of nitrogens with zero attached hydrogens (tertiary/aromatic N) is 2. The summed E-state index contributed by atoms with van der Waals surface area (Å²) in [5.74, 6) is 1.17. The summed E-state index contributed by atoms with van der Waals surface area (Å²) in [5.41, 5.74) is 4.10. The molecule has 2 aliphatic heterocycles. The predicted molar refractivity (Wildman–Crippen MR) is 126 cm³/mol. The summed E-state index contributed by atoms with van der Waals surface area (Å²) in [6.45, 7) is 5.14. The fraction of sp³-hybridized carbons (Fsp3) is 0.360. The van der Waals surface area contributed by atoms with E-state index in [0.29, 0.717) is 36.7 Å². The molecule has 1 aromatic heterocycles. The highest BCUT2D eigenvalue weighted by Gasteiger charge is 2.43. The first-order chi connectivity index (χ1) is 15.3. The number of hydrogen-bond donors (Lipinski definition) is 1. The largest absolute Gasteiger partial charge is 0.497 e.